The third-order valence-electron chi connectivity index (χ3n) is 4.92. The fourth-order valence-corrected chi connectivity index (χ4v) is 3.47. The zero-order valence-electron chi connectivity index (χ0n) is 13.0. The van der Waals surface area contributed by atoms with E-state index < -0.39 is 0 Å². The monoisotopic (exact) mass is 294 g/mol. The Morgan fingerprint density at radius 1 is 1.25 bits per heavy atom. The minimum Gasteiger partial charge on any atom is -0.371 e. The summed E-state index contributed by atoms with van der Waals surface area (Å²) in [4.78, 5) is 2.53. The van der Waals surface area contributed by atoms with Crippen molar-refractivity contribution >= 4 is 17.3 Å². The zero-order valence-corrected chi connectivity index (χ0v) is 13.8. The molecule has 2 rings (SSSR count). The molecule has 1 aliphatic rings. The van der Waals surface area contributed by atoms with Gasteiger partial charge in [-0.15, -0.1) is 0 Å². The van der Waals surface area contributed by atoms with Gasteiger partial charge in [-0.25, -0.2) is 0 Å². The number of hydrogen-bond acceptors (Lipinski definition) is 2. The lowest BCUT2D eigenvalue weighted by atomic mass is 9.82. The second kappa shape index (κ2) is 6.82. The highest BCUT2D eigenvalue weighted by molar-refractivity contribution is 6.31. The van der Waals surface area contributed by atoms with Gasteiger partial charge in [0.1, 0.15) is 0 Å². The molecule has 0 amide bonds. The van der Waals surface area contributed by atoms with Gasteiger partial charge in [0.25, 0.3) is 0 Å². The number of nitrogens with one attached hydrogen (secondary N) is 1. The van der Waals surface area contributed by atoms with Crippen LogP contribution in [-0.4, -0.2) is 19.6 Å². The van der Waals surface area contributed by atoms with Gasteiger partial charge in [0.15, 0.2) is 0 Å². The molecule has 1 aliphatic heterocycles. The maximum Gasteiger partial charge on any atom is 0.0471 e. The Hall–Kier alpha value is -0.730. The van der Waals surface area contributed by atoms with Gasteiger partial charge in [-0.05, 0) is 43.4 Å². The van der Waals surface area contributed by atoms with E-state index in [2.05, 4.69) is 43.1 Å². The van der Waals surface area contributed by atoms with Crippen molar-refractivity contribution in [2.75, 3.05) is 24.5 Å². The number of rotatable bonds is 6. The summed E-state index contributed by atoms with van der Waals surface area (Å²) in [5.74, 6) is 0. The average Bonchev–Trinajstić information content (AvgIpc) is 2.91. The molecule has 1 N–H and O–H groups in total. The van der Waals surface area contributed by atoms with Crippen LogP contribution in [0.2, 0.25) is 5.02 Å². The maximum absolute atomic E-state index is 6.42. The van der Waals surface area contributed by atoms with Crippen LogP contribution in [0.25, 0.3) is 0 Å². The first-order valence-electron chi connectivity index (χ1n) is 7.89. The third kappa shape index (κ3) is 3.12. The molecule has 2 nitrogen and oxygen atoms in total. The van der Waals surface area contributed by atoms with E-state index in [1.165, 1.54) is 37.1 Å². The number of hydrogen-bond donors (Lipinski definition) is 1. The van der Waals surface area contributed by atoms with Crippen LogP contribution in [0.15, 0.2) is 18.2 Å². The predicted octanol–water partition coefficient (Wildman–Crippen LogP) is 4.47. The molecule has 112 valence electrons. The molecule has 1 saturated heterocycles. The lowest BCUT2D eigenvalue weighted by Crippen LogP contribution is -2.27. The fourth-order valence-electron chi connectivity index (χ4n) is 3.24. The Labute approximate surface area is 128 Å². The van der Waals surface area contributed by atoms with E-state index in [9.17, 15) is 0 Å². The van der Waals surface area contributed by atoms with E-state index in [1.807, 2.05) is 6.07 Å². The summed E-state index contributed by atoms with van der Waals surface area (Å²) in [6.07, 6.45) is 3.83. The minimum atomic E-state index is 0.498. The Kier molecular flexibility index (Phi) is 5.34. The zero-order chi connectivity index (χ0) is 14.6. The molecular formula is C17H27ClN2. The lowest BCUT2D eigenvalue weighted by molar-refractivity contribution is 0.301. The predicted molar refractivity (Wildman–Crippen MR) is 88.7 cm³/mol. The van der Waals surface area contributed by atoms with Crippen LogP contribution in [0, 0.1) is 5.41 Å². The average molecular weight is 295 g/mol. The van der Waals surface area contributed by atoms with Crippen LogP contribution >= 0.6 is 11.6 Å². The van der Waals surface area contributed by atoms with E-state index in [1.54, 1.807) is 0 Å². The summed E-state index contributed by atoms with van der Waals surface area (Å²) in [5, 5.41) is 4.29. The summed E-state index contributed by atoms with van der Waals surface area (Å²) in [6.45, 7) is 10.9. The first-order valence-corrected chi connectivity index (χ1v) is 8.26. The van der Waals surface area contributed by atoms with E-state index in [0.29, 0.717) is 5.41 Å². The highest BCUT2D eigenvalue weighted by Gasteiger charge is 2.35. The van der Waals surface area contributed by atoms with Crippen LogP contribution in [0.3, 0.4) is 0 Å². The first-order chi connectivity index (χ1) is 9.65. The van der Waals surface area contributed by atoms with Crippen LogP contribution < -0.4 is 10.2 Å². The topological polar surface area (TPSA) is 15.3 Å². The molecule has 1 aromatic carbocycles. The highest BCUT2D eigenvalue weighted by atomic mass is 35.5. The molecular weight excluding hydrogens is 268 g/mol. The maximum atomic E-state index is 6.42. The Balaban J connectivity index is 2.23. The number of anilines is 1. The highest BCUT2D eigenvalue weighted by Crippen LogP contribution is 2.40. The minimum absolute atomic E-state index is 0.498. The lowest BCUT2D eigenvalue weighted by Gasteiger charge is -2.28. The van der Waals surface area contributed by atoms with Gasteiger partial charge in [-0.3, -0.25) is 0 Å². The number of nitrogens with zero attached hydrogens (tertiary/aromatic N) is 1. The smallest absolute Gasteiger partial charge is 0.0471 e. The molecule has 1 heterocycles. The molecule has 0 unspecified atom stereocenters. The first kappa shape index (κ1) is 15.7. The summed E-state index contributed by atoms with van der Waals surface area (Å²) in [6, 6.07) is 6.30. The van der Waals surface area contributed by atoms with Crippen LogP contribution in [0.4, 0.5) is 5.69 Å². The van der Waals surface area contributed by atoms with Crippen molar-refractivity contribution in [3.8, 4) is 0 Å². The van der Waals surface area contributed by atoms with Gasteiger partial charge < -0.3 is 10.2 Å². The number of halogens is 1. The Bertz CT molecular complexity index is 441. The molecule has 0 radical (unpaired) electrons. The van der Waals surface area contributed by atoms with Crippen molar-refractivity contribution in [3.05, 3.63) is 28.8 Å². The summed E-state index contributed by atoms with van der Waals surface area (Å²) >= 11 is 6.42. The van der Waals surface area contributed by atoms with Gasteiger partial charge in [0.05, 0.1) is 0 Å². The standard InChI is InChI=1S/C17H27ClN2/c1-4-17(5-2)10-11-20(13-17)16-9-7-8-15(18)14(16)12-19-6-3/h7-9,19H,4-6,10-13H2,1-3H3. The second-order valence-electron chi connectivity index (χ2n) is 5.90. The molecule has 0 aromatic heterocycles. The summed E-state index contributed by atoms with van der Waals surface area (Å²) in [7, 11) is 0. The van der Waals surface area contributed by atoms with E-state index in [-0.39, 0.29) is 0 Å². The fraction of sp³-hybridized carbons (Fsp3) is 0.647. The van der Waals surface area contributed by atoms with Gasteiger partial charge in [-0.1, -0.05) is 38.4 Å². The van der Waals surface area contributed by atoms with Gasteiger partial charge in [0, 0.05) is 35.9 Å². The summed E-state index contributed by atoms with van der Waals surface area (Å²) in [5.41, 5.74) is 3.07. The molecule has 0 spiro atoms. The third-order valence-corrected chi connectivity index (χ3v) is 5.28. The quantitative estimate of drug-likeness (QED) is 0.833. The molecule has 20 heavy (non-hydrogen) atoms. The van der Waals surface area contributed by atoms with E-state index in [0.717, 1.165) is 24.7 Å². The molecule has 0 aliphatic carbocycles. The molecule has 0 saturated carbocycles. The molecule has 0 bridgehead atoms. The molecule has 1 fully saturated rings. The van der Waals surface area contributed by atoms with Crippen molar-refractivity contribution in [1.82, 2.24) is 5.32 Å². The normalized spacial score (nSPS) is 17.7. The van der Waals surface area contributed by atoms with Crippen molar-refractivity contribution in [2.45, 2.75) is 46.6 Å². The van der Waals surface area contributed by atoms with Crippen molar-refractivity contribution < 1.29 is 0 Å². The van der Waals surface area contributed by atoms with Gasteiger partial charge in [-0.2, -0.15) is 0 Å². The van der Waals surface area contributed by atoms with Gasteiger partial charge >= 0.3 is 0 Å². The summed E-state index contributed by atoms with van der Waals surface area (Å²) < 4.78 is 0. The Morgan fingerprint density at radius 3 is 2.60 bits per heavy atom. The van der Waals surface area contributed by atoms with E-state index >= 15 is 0 Å². The van der Waals surface area contributed by atoms with Crippen molar-refractivity contribution in [1.29, 1.82) is 0 Å². The SMILES string of the molecule is CCNCc1c(Cl)cccc1N1CCC(CC)(CC)C1. The largest absolute Gasteiger partial charge is 0.371 e. The van der Waals surface area contributed by atoms with Crippen LogP contribution in [0.5, 0.6) is 0 Å². The molecule has 1 aromatic rings. The van der Waals surface area contributed by atoms with Crippen LogP contribution in [-0.2, 0) is 6.54 Å². The van der Waals surface area contributed by atoms with Crippen molar-refractivity contribution in [2.24, 2.45) is 5.41 Å². The molecule has 0 atom stereocenters. The van der Waals surface area contributed by atoms with E-state index in [4.69, 9.17) is 11.6 Å². The Morgan fingerprint density at radius 2 is 2.00 bits per heavy atom. The van der Waals surface area contributed by atoms with Gasteiger partial charge in [0.2, 0.25) is 0 Å². The van der Waals surface area contributed by atoms with Crippen LogP contribution in [0.1, 0.15) is 45.6 Å². The molecule has 3 heteroatoms. The second-order valence-corrected chi connectivity index (χ2v) is 6.30. The van der Waals surface area contributed by atoms with Crippen molar-refractivity contribution in [3.63, 3.8) is 0 Å². The number of benzene rings is 1.